The lowest BCUT2D eigenvalue weighted by molar-refractivity contribution is -0.438. The summed E-state index contributed by atoms with van der Waals surface area (Å²) < 4.78 is 64.7. The number of hydrogen-bond acceptors (Lipinski definition) is 22. The molecule has 0 saturated carbocycles. The highest BCUT2D eigenvalue weighted by molar-refractivity contribution is 6.41. The third-order valence-corrected chi connectivity index (χ3v) is 26.9. The van der Waals surface area contributed by atoms with Gasteiger partial charge in [-0.3, -0.25) is 57.5 Å². The van der Waals surface area contributed by atoms with Crippen molar-refractivity contribution in [1.29, 1.82) is 0 Å². The number of ketones is 3. The van der Waals surface area contributed by atoms with Gasteiger partial charge in [-0.1, -0.05) is 67.5 Å². The van der Waals surface area contributed by atoms with Crippen LogP contribution in [-0.2, 0) is 93.0 Å². The maximum Gasteiger partial charge on any atom is 0.333 e. The summed E-state index contributed by atoms with van der Waals surface area (Å²) in [5, 5.41) is 60.5. The monoisotopic (exact) mass is 1990 g/mol. The molecule has 5 aliphatic heterocycles. The van der Waals surface area contributed by atoms with Gasteiger partial charge in [0.25, 0.3) is 23.6 Å². The predicted molar refractivity (Wildman–Crippen MR) is 522 cm³/mol. The summed E-state index contributed by atoms with van der Waals surface area (Å²) in [6.45, 7) is 17.4. The number of hydroxylamine groups is 4. The van der Waals surface area contributed by atoms with Crippen LogP contribution in [0.5, 0.6) is 17.2 Å². The van der Waals surface area contributed by atoms with E-state index in [1.807, 2.05) is 62.2 Å². The number of carboxylic acids is 1. The maximum atomic E-state index is 14.4. The second kappa shape index (κ2) is 48.3. The summed E-state index contributed by atoms with van der Waals surface area (Å²) in [5.41, 5.74) is 6.94. The number of methoxy groups -OCH3 is 3. The minimum absolute atomic E-state index is 0.0198. The Labute approximate surface area is 838 Å². The van der Waals surface area contributed by atoms with Crippen LogP contribution < -0.4 is 50.8 Å². The maximum absolute atomic E-state index is 14.4. The molecule has 2 fully saturated rings. The van der Waals surface area contributed by atoms with Crippen molar-refractivity contribution in [2.75, 3.05) is 54.1 Å². The first-order valence-electron chi connectivity index (χ1n) is 49.0. The van der Waals surface area contributed by atoms with Crippen molar-refractivity contribution in [3.05, 3.63) is 230 Å². The molecule has 5 heterocycles. The molecule has 2 atom stereocenters. The molecule has 2 unspecified atom stereocenters. The first-order chi connectivity index (χ1) is 69.2. The molecule has 766 valence electrons. The van der Waals surface area contributed by atoms with E-state index in [4.69, 9.17) is 29.0 Å². The minimum Gasteiger partial charge on any atom is -0.871 e. The zero-order valence-corrected chi connectivity index (χ0v) is 83.3. The summed E-state index contributed by atoms with van der Waals surface area (Å²) in [7, 11) is 4.61. The van der Waals surface area contributed by atoms with Gasteiger partial charge in [0.1, 0.15) is 66.4 Å². The Kier molecular flexibility index (Phi) is 36.3. The molecule has 14 rings (SSSR count). The number of benzene rings is 6. The van der Waals surface area contributed by atoms with Gasteiger partial charge in [-0.2, -0.15) is 13.7 Å². The zero-order chi connectivity index (χ0) is 105. The van der Waals surface area contributed by atoms with Crippen LogP contribution in [0.3, 0.4) is 0 Å². The average molecular weight is 2000 g/mol. The molecule has 6 aromatic rings. The fraction of sp³-hybridized carbons (Fsp3) is 0.409. The van der Waals surface area contributed by atoms with E-state index in [0.717, 1.165) is 39.5 Å². The van der Waals surface area contributed by atoms with Crippen LogP contribution in [0.4, 0.5) is 30.2 Å². The van der Waals surface area contributed by atoms with Crippen LogP contribution in [-0.4, -0.2) is 195 Å². The summed E-state index contributed by atoms with van der Waals surface area (Å²) in [4.78, 5) is 181. The van der Waals surface area contributed by atoms with E-state index in [2.05, 4.69) is 21.3 Å². The van der Waals surface area contributed by atoms with Crippen LogP contribution in [0.2, 0.25) is 0 Å². The molecule has 0 radical (unpaired) electrons. The van der Waals surface area contributed by atoms with Gasteiger partial charge in [0, 0.05) is 177 Å². The van der Waals surface area contributed by atoms with Crippen LogP contribution in [0, 0.1) is 17.5 Å². The number of carbonyl (C=O) groups excluding carboxylic acids is 13. The Hall–Kier alpha value is -15.1. The van der Waals surface area contributed by atoms with Gasteiger partial charge < -0.3 is 65.6 Å². The largest absolute Gasteiger partial charge is 0.871 e. The number of amides is 8. The Bertz CT molecular complexity index is 6380. The number of Topliss-reactive ketones (excluding diaryl/α,β-unsaturated/α-hetero) is 3. The third kappa shape index (κ3) is 25.4. The SMILES string of the molecule is CCC(NC(=O)CCCCC[N+]1=C(C=C2C(=O)C(c3ccc(OC)cc3)=C2[O-])C(C)(C)c2cc(F)ccc21)C(=O)NCCCCC(=O)O.CCC(NC(=O)CCCCC[N+]1=C(C=C2C(=O)C(c3ccc(OC)cc3)=C2[O-])C(C)(C)c2cc(F)ccc21)C(=O)NCCCCC(=O)ON1C(=O)CCC1=O.COc1ccc(C2=C([O-])C(=CC3=[N+](CCCCCC(=O)ON4C(=O)CCC4=O)c4ccc(F)cc4C3(C)C)C2=O)cc1. The number of ether oxygens (including phenoxy) is 3. The zero-order valence-electron chi connectivity index (χ0n) is 83.3. The Balaban J connectivity index is 0.000000195. The third-order valence-electron chi connectivity index (χ3n) is 26.9. The van der Waals surface area contributed by atoms with E-state index in [9.17, 15) is 95.6 Å². The molecule has 2 saturated heterocycles. The molecule has 32 nitrogen and oxygen atoms in total. The van der Waals surface area contributed by atoms with Gasteiger partial charge in [0.2, 0.25) is 40.7 Å². The van der Waals surface area contributed by atoms with Gasteiger partial charge in [-0.05, 0) is 208 Å². The van der Waals surface area contributed by atoms with E-state index >= 15 is 0 Å². The fourth-order valence-corrected chi connectivity index (χ4v) is 18.6. The average Bonchev–Trinajstić information content (AvgIpc) is 1.58. The second-order valence-corrected chi connectivity index (χ2v) is 37.9. The van der Waals surface area contributed by atoms with Crippen LogP contribution >= 0.6 is 0 Å². The summed E-state index contributed by atoms with van der Waals surface area (Å²) in [5.74, 6) is -6.80. The number of halogens is 3. The van der Waals surface area contributed by atoms with E-state index < -0.39 is 69.9 Å². The molecular formula is C110H122F3N9O23. The summed E-state index contributed by atoms with van der Waals surface area (Å²) in [6.07, 6.45) is 13.7. The number of allylic oxidation sites excluding steroid dienone is 9. The Morgan fingerprint density at radius 2 is 0.669 bits per heavy atom. The van der Waals surface area contributed by atoms with Gasteiger partial charge in [0.05, 0.1) is 37.6 Å². The van der Waals surface area contributed by atoms with Crippen LogP contribution in [0.15, 0.2) is 180 Å². The van der Waals surface area contributed by atoms with Gasteiger partial charge in [0.15, 0.2) is 34.5 Å². The highest BCUT2D eigenvalue weighted by atomic mass is 19.1. The van der Waals surface area contributed by atoms with Crippen molar-refractivity contribution in [3.8, 4) is 17.2 Å². The number of carboxylic acid groups (broad SMARTS) is 1. The number of rotatable bonds is 45. The molecule has 35 heteroatoms. The summed E-state index contributed by atoms with van der Waals surface area (Å²) in [6, 6.07) is 32.6. The van der Waals surface area contributed by atoms with E-state index in [1.165, 1.54) is 50.6 Å². The normalized spacial score (nSPS) is 17.4. The van der Waals surface area contributed by atoms with Crippen molar-refractivity contribution in [2.24, 2.45) is 0 Å². The van der Waals surface area contributed by atoms with E-state index in [0.29, 0.717) is 178 Å². The summed E-state index contributed by atoms with van der Waals surface area (Å²) >= 11 is 0. The first-order valence-corrected chi connectivity index (χ1v) is 49.0. The van der Waals surface area contributed by atoms with Crippen molar-refractivity contribution < 1.29 is 138 Å². The van der Waals surface area contributed by atoms with Gasteiger partial charge in [-0.25, -0.2) is 22.8 Å². The number of aliphatic carboxylic acids is 1. The Morgan fingerprint density at radius 3 is 0.938 bits per heavy atom. The number of imide groups is 2. The fourth-order valence-electron chi connectivity index (χ4n) is 18.6. The number of nitrogens with one attached hydrogen (secondary N) is 4. The number of nitrogens with zero attached hydrogens (tertiary/aromatic N) is 5. The predicted octanol–water partition coefficient (Wildman–Crippen LogP) is 11.8. The number of hydrogen-bond donors (Lipinski definition) is 5. The molecule has 5 N–H and O–H groups in total. The minimum atomic E-state index is -0.874. The standard InChI is InChI=1S/C41H47FN4O9.C37H44FN3O7.C32H31FN2O7/c1-5-30(40(53)43-21-9-8-12-36(50)55-46-34(48)19-20-35(46)49)44-33(47)11-7-6-10-22-45-31-18-15-26(42)23-29(31)41(2,3)32(45)24-28-38(51)37(39(28)52)25-13-16-27(54-4)17-14-25;1-5-28(36(47)39-19-9-8-12-32(43)44)40-31(42)11-7-6-10-20-41-29-18-15-24(38)21-27(29)37(2,3)30(41)22-26-34(45)33(35(26)46)23-13-16-25(48-4)17-14-23;1-32(2)23-17-20(33)10-13-24(23)34(16-6-4-5-7-28(38)42-35-26(36)14-15-27(35)37)25(32)18-22-30(39)29(31(22)40)19-8-11-21(41-3)12-9-19/h13-18,23-24,30H,5-12,19-22H2,1-4H3,(H2-,43,44,47,51,52,53);13-18,21-22,28H,5-12,19-20H2,1-4H3,(H3-,39,40,42,43,44,45,46,47);8-13,17-18H,4-7,14-16H2,1-3H3. The molecular weight excluding hydrogens is 1870 g/mol. The molecule has 8 amide bonds. The second-order valence-electron chi connectivity index (χ2n) is 37.9. The van der Waals surface area contributed by atoms with Crippen LogP contribution in [0.1, 0.15) is 243 Å². The smallest absolute Gasteiger partial charge is 0.333 e. The van der Waals surface area contributed by atoms with E-state index in [1.54, 1.807) is 123 Å². The van der Waals surface area contributed by atoms with Crippen molar-refractivity contribution in [3.63, 3.8) is 0 Å². The van der Waals surface area contributed by atoms with E-state index in [-0.39, 0.29) is 173 Å². The van der Waals surface area contributed by atoms with Crippen molar-refractivity contribution >= 4 is 133 Å². The molecule has 145 heavy (non-hydrogen) atoms. The highest BCUT2D eigenvalue weighted by Crippen LogP contribution is 2.48. The number of unbranched alkanes of at least 4 members (excludes halogenated alkanes) is 8. The lowest BCUT2D eigenvalue weighted by atomic mass is 9.77. The number of fused-ring (bicyclic) bond motifs is 3. The van der Waals surface area contributed by atoms with Crippen molar-refractivity contribution in [1.82, 2.24) is 31.4 Å². The molecule has 8 aliphatic rings. The van der Waals surface area contributed by atoms with Crippen molar-refractivity contribution in [2.45, 2.75) is 238 Å². The molecule has 6 aromatic carbocycles. The lowest BCUT2D eigenvalue weighted by Crippen LogP contribution is -2.46. The Morgan fingerprint density at radius 1 is 0.393 bits per heavy atom. The lowest BCUT2D eigenvalue weighted by Gasteiger charge is -2.31. The topological polar surface area (TPSA) is 438 Å². The number of carbonyl (C=O) groups is 14. The molecule has 0 bridgehead atoms. The molecule has 3 aliphatic carbocycles. The molecule has 0 spiro atoms. The van der Waals surface area contributed by atoms with Crippen LogP contribution in [0.25, 0.3) is 16.7 Å². The highest BCUT2D eigenvalue weighted by Gasteiger charge is 2.50. The van der Waals surface area contributed by atoms with Gasteiger partial charge in [-0.15, -0.1) is 10.1 Å². The quantitative estimate of drug-likeness (QED) is 0.0103. The molecule has 0 aromatic heterocycles. The first kappa shape index (κ1) is 109. The van der Waals surface area contributed by atoms with Gasteiger partial charge >= 0.3 is 17.9 Å².